The molecule has 3 heteroatoms. The number of hydrogen-bond donors (Lipinski definition) is 1. The molecular weight excluding hydrogens is 241 g/mol. The van der Waals surface area contributed by atoms with Gasteiger partial charge in [0, 0.05) is 5.69 Å². The van der Waals surface area contributed by atoms with Crippen molar-refractivity contribution in [1.29, 1.82) is 0 Å². The molecule has 0 saturated heterocycles. The monoisotopic (exact) mass is 249 g/mol. The van der Waals surface area contributed by atoms with Crippen LogP contribution in [-0.2, 0) is 0 Å². The third-order valence-corrected chi connectivity index (χ3v) is 2.37. The van der Waals surface area contributed by atoms with Crippen LogP contribution < -0.4 is 10.5 Å². The molecule has 0 aliphatic heterocycles. The third kappa shape index (κ3) is 1.34. The zero-order valence-corrected chi connectivity index (χ0v) is 7.75. The minimum atomic E-state index is 0.764. The van der Waals surface area contributed by atoms with Crippen LogP contribution in [0.4, 0.5) is 5.69 Å². The standard InChI is InChI=1S/C7H8INO/c1-10-6-4-2-3-5(9)7(6)8/h2-4H,9H2,1H3. The Morgan fingerprint density at radius 1 is 1.50 bits per heavy atom. The molecule has 1 rings (SSSR count). The number of anilines is 1. The second-order valence-corrected chi connectivity index (χ2v) is 2.94. The number of ether oxygens (including phenoxy) is 1. The number of halogens is 1. The van der Waals surface area contributed by atoms with E-state index in [1.54, 1.807) is 7.11 Å². The van der Waals surface area contributed by atoms with Gasteiger partial charge in [0.05, 0.1) is 10.7 Å². The molecule has 54 valence electrons. The van der Waals surface area contributed by atoms with E-state index in [4.69, 9.17) is 10.5 Å². The van der Waals surface area contributed by atoms with Crippen LogP contribution in [0.25, 0.3) is 0 Å². The lowest BCUT2D eigenvalue weighted by Crippen LogP contribution is -1.92. The minimum absolute atomic E-state index is 0.764. The molecule has 0 heterocycles. The van der Waals surface area contributed by atoms with Crippen molar-refractivity contribution in [2.75, 3.05) is 12.8 Å². The summed E-state index contributed by atoms with van der Waals surface area (Å²) in [7, 11) is 1.64. The zero-order chi connectivity index (χ0) is 7.56. The summed E-state index contributed by atoms with van der Waals surface area (Å²) in [6.07, 6.45) is 0. The van der Waals surface area contributed by atoms with Crippen LogP contribution in [0.3, 0.4) is 0 Å². The van der Waals surface area contributed by atoms with Crippen LogP contribution in [0.15, 0.2) is 18.2 Å². The van der Waals surface area contributed by atoms with Gasteiger partial charge in [0.15, 0.2) is 0 Å². The molecule has 0 unspecified atom stereocenters. The Kier molecular flexibility index (Phi) is 2.37. The number of hydrogen-bond acceptors (Lipinski definition) is 2. The van der Waals surface area contributed by atoms with Gasteiger partial charge in [0.2, 0.25) is 0 Å². The van der Waals surface area contributed by atoms with E-state index in [1.165, 1.54) is 0 Å². The number of rotatable bonds is 1. The van der Waals surface area contributed by atoms with Crippen LogP contribution in [0.5, 0.6) is 5.75 Å². The van der Waals surface area contributed by atoms with E-state index in [0.29, 0.717) is 0 Å². The van der Waals surface area contributed by atoms with Crippen LogP contribution in [-0.4, -0.2) is 7.11 Å². The molecule has 0 fully saturated rings. The first-order valence-electron chi connectivity index (χ1n) is 2.83. The molecule has 10 heavy (non-hydrogen) atoms. The fourth-order valence-corrected chi connectivity index (χ4v) is 1.27. The summed E-state index contributed by atoms with van der Waals surface area (Å²) in [5.74, 6) is 0.834. The maximum Gasteiger partial charge on any atom is 0.134 e. The van der Waals surface area contributed by atoms with E-state index in [1.807, 2.05) is 18.2 Å². The van der Waals surface area contributed by atoms with Crippen LogP contribution in [0.2, 0.25) is 0 Å². The summed E-state index contributed by atoms with van der Waals surface area (Å²) >= 11 is 2.15. The highest BCUT2D eigenvalue weighted by Gasteiger charge is 2.00. The Labute approximate surface area is 73.5 Å². The predicted molar refractivity (Wildman–Crippen MR) is 50.1 cm³/mol. The van der Waals surface area contributed by atoms with Gasteiger partial charge in [-0.3, -0.25) is 0 Å². The van der Waals surface area contributed by atoms with Crippen molar-refractivity contribution >= 4 is 28.3 Å². The Bertz CT molecular complexity index is 237. The molecule has 0 atom stereocenters. The van der Waals surface area contributed by atoms with Gasteiger partial charge >= 0.3 is 0 Å². The van der Waals surface area contributed by atoms with Gasteiger partial charge in [-0.1, -0.05) is 6.07 Å². The summed E-state index contributed by atoms with van der Waals surface area (Å²) < 4.78 is 6.01. The molecule has 0 aromatic heterocycles. The Morgan fingerprint density at radius 3 is 2.70 bits per heavy atom. The van der Waals surface area contributed by atoms with Gasteiger partial charge in [-0.2, -0.15) is 0 Å². The third-order valence-electron chi connectivity index (χ3n) is 1.21. The Hall–Kier alpha value is -0.450. The first kappa shape index (κ1) is 7.65. The van der Waals surface area contributed by atoms with Crippen molar-refractivity contribution in [2.24, 2.45) is 0 Å². The topological polar surface area (TPSA) is 35.2 Å². The largest absolute Gasteiger partial charge is 0.496 e. The quantitative estimate of drug-likeness (QED) is 0.609. The van der Waals surface area contributed by atoms with Gasteiger partial charge in [0.25, 0.3) is 0 Å². The molecule has 0 bridgehead atoms. The molecule has 1 aromatic carbocycles. The minimum Gasteiger partial charge on any atom is -0.496 e. The van der Waals surface area contributed by atoms with E-state index in [2.05, 4.69) is 22.6 Å². The lowest BCUT2D eigenvalue weighted by molar-refractivity contribution is 0.412. The summed E-state index contributed by atoms with van der Waals surface area (Å²) in [5.41, 5.74) is 6.37. The van der Waals surface area contributed by atoms with E-state index < -0.39 is 0 Å². The molecule has 1 aromatic rings. The number of benzene rings is 1. The maximum atomic E-state index is 5.61. The highest BCUT2D eigenvalue weighted by Crippen LogP contribution is 2.25. The first-order valence-corrected chi connectivity index (χ1v) is 3.91. The number of nitrogens with two attached hydrogens (primary N) is 1. The lowest BCUT2D eigenvalue weighted by atomic mass is 10.3. The van der Waals surface area contributed by atoms with Crippen molar-refractivity contribution < 1.29 is 4.74 Å². The van der Waals surface area contributed by atoms with Crippen molar-refractivity contribution in [2.45, 2.75) is 0 Å². The summed E-state index contributed by atoms with van der Waals surface area (Å²) in [6.45, 7) is 0. The predicted octanol–water partition coefficient (Wildman–Crippen LogP) is 1.88. The SMILES string of the molecule is COc1cccc(N)c1I. The van der Waals surface area contributed by atoms with E-state index in [9.17, 15) is 0 Å². The molecule has 0 spiro atoms. The molecular formula is C7H8INO. The second-order valence-electron chi connectivity index (χ2n) is 1.86. The fourth-order valence-electron chi connectivity index (χ4n) is 0.685. The van der Waals surface area contributed by atoms with Crippen molar-refractivity contribution in [3.05, 3.63) is 21.8 Å². The van der Waals surface area contributed by atoms with E-state index in [-0.39, 0.29) is 0 Å². The van der Waals surface area contributed by atoms with E-state index >= 15 is 0 Å². The van der Waals surface area contributed by atoms with Crippen molar-refractivity contribution in [3.63, 3.8) is 0 Å². The highest BCUT2D eigenvalue weighted by molar-refractivity contribution is 14.1. The van der Waals surface area contributed by atoms with Gasteiger partial charge in [-0.05, 0) is 34.7 Å². The van der Waals surface area contributed by atoms with E-state index in [0.717, 1.165) is 15.0 Å². The normalized spacial score (nSPS) is 9.40. The fraction of sp³-hybridized carbons (Fsp3) is 0.143. The van der Waals surface area contributed by atoms with Gasteiger partial charge in [-0.15, -0.1) is 0 Å². The van der Waals surface area contributed by atoms with Crippen LogP contribution in [0, 0.1) is 3.57 Å². The Balaban J connectivity index is 3.14. The molecule has 0 amide bonds. The maximum absolute atomic E-state index is 5.61. The highest BCUT2D eigenvalue weighted by atomic mass is 127. The molecule has 2 nitrogen and oxygen atoms in total. The molecule has 0 saturated carbocycles. The molecule has 2 N–H and O–H groups in total. The smallest absolute Gasteiger partial charge is 0.134 e. The molecule has 0 aliphatic carbocycles. The number of methoxy groups -OCH3 is 1. The van der Waals surface area contributed by atoms with Crippen molar-refractivity contribution in [1.82, 2.24) is 0 Å². The summed E-state index contributed by atoms with van der Waals surface area (Å²) in [6, 6.07) is 5.61. The van der Waals surface area contributed by atoms with Gasteiger partial charge in [-0.25, -0.2) is 0 Å². The first-order chi connectivity index (χ1) is 4.75. The van der Waals surface area contributed by atoms with Crippen molar-refractivity contribution in [3.8, 4) is 5.75 Å². The Morgan fingerprint density at radius 2 is 2.20 bits per heavy atom. The second kappa shape index (κ2) is 3.09. The average Bonchev–Trinajstić information content (AvgIpc) is 1.95. The zero-order valence-electron chi connectivity index (χ0n) is 5.60. The average molecular weight is 249 g/mol. The molecule has 0 aliphatic rings. The van der Waals surface area contributed by atoms with Crippen LogP contribution >= 0.6 is 22.6 Å². The lowest BCUT2D eigenvalue weighted by Gasteiger charge is -2.03. The van der Waals surface area contributed by atoms with Gasteiger partial charge in [0.1, 0.15) is 5.75 Å². The summed E-state index contributed by atoms with van der Waals surface area (Å²) in [4.78, 5) is 0. The summed E-state index contributed by atoms with van der Waals surface area (Å²) in [5, 5.41) is 0. The molecule has 0 radical (unpaired) electrons. The van der Waals surface area contributed by atoms with Gasteiger partial charge < -0.3 is 10.5 Å². The van der Waals surface area contributed by atoms with Crippen LogP contribution in [0.1, 0.15) is 0 Å². The number of nitrogen functional groups attached to an aromatic ring is 1.